The van der Waals surface area contributed by atoms with E-state index in [1.165, 1.54) is 24.3 Å². The number of anilines is 1. The average Bonchev–Trinajstić information content (AvgIpc) is 2.49. The van der Waals surface area contributed by atoms with Crippen molar-refractivity contribution in [2.75, 3.05) is 5.32 Å². The minimum Gasteiger partial charge on any atom is -0.507 e. The third-order valence-electron chi connectivity index (χ3n) is 2.61. The minimum absolute atomic E-state index is 0.0311. The van der Waals surface area contributed by atoms with Gasteiger partial charge in [-0.05, 0) is 30.3 Å². The molecule has 2 aromatic carbocycles. The zero-order valence-electron chi connectivity index (χ0n) is 11.1. The number of rotatable bonds is 2. The number of urea groups is 1. The van der Waals surface area contributed by atoms with Crippen molar-refractivity contribution in [1.82, 2.24) is 10.9 Å². The van der Waals surface area contributed by atoms with E-state index in [2.05, 4.69) is 16.2 Å². The Hall–Kier alpha value is -2.44. The molecule has 0 aliphatic heterocycles. The summed E-state index contributed by atoms with van der Waals surface area (Å²) in [4.78, 5) is 23.5. The molecule has 0 bridgehead atoms. The maximum absolute atomic E-state index is 11.8. The van der Waals surface area contributed by atoms with Crippen molar-refractivity contribution in [2.45, 2.75) is 0 Å². The third-order valence-corrected chi connectivity index (χ3v) is 3.18. The van der Waals surface area contributed by atoms with Gasteiger partial charge in [-0.25, -0.2) is 10.2 Å². The van der Waals surface area contributed by atoms with Gasteiger partial charge < -0.3 is 10.4 Å². The van der Waals surface area contributed by atoms with Crippen LogP contribution in [-0.4, -0.2) is 17.0 Å². The second-order valence-electron chi connectivity index (χ2n) is 4.17. The number of nitrogens with one attached hydrogen (secondary N) is 3. The van der Waals surface area contributed by atoms with Crippen molar-refractivity contribution >= 4 is 40.8 Å². The van der Waals surface area contributed by atoms with Crippen LogP contribution in [0.5, 0.6) is 5.75 Å². The normalized spacial score (nSPS) is 9.91. The largest absolute Gasteiger partial charge is 0.507 e. The van der Waals surface area contributed by atoms with E-state index in [-0.39, 0.29) is 11.3 Å². The molecule has 114 valence electrons. The van der Waals surface area contributed by atoms with Crippen LogP contribution in [0.15, 0.2) is 42.5 Å². The first-order valence-corrected chi connectivity index (χ1v) is 6.83. The first-order valence-electron chi connectivity index (χ1n) is 6.08. The van der Waals surface area contributed by atoms with Crippen LogP contribution in [0.25, 0.3) is 0 Å². The number of halogens is 2. The van der Waals surface area contributed by atoms with Gasteiger partial charge in [0.2, 0.25) is 0 Å². The molecule has 0 atom stereocenters. The average molecular weight is 340 g/mol. The SMILES string of the molecule is O=C(NNC(=O)c1ccccc1O)Nc1cc(Cl)ccc1Cl. The number of amides is 3. The van der Waals surface area contributed by atoms with Crippen LogP contribution >= 0.6 is 23.2 Å². The van der Waals surface area contributed by atoms with Crippen LogP contribution in [-0.2, 0) is 0 Å². The van der Waals surface area contributed by atoms with Crippen molar-refractivity contribution in [3.05, 3.63) is 58.1 Å². The number of phenols is 1. The maximum atomic E-state index is 11.8. The van der Waals surface area contributed by atoms with Crippen LogP contribution in [0.4, 0.5) is 10.5 Å². The number of phenolic OH excluding ortho intramolecular Hbond substituents is 1. The molecule has 2 rings (SSSR count). The molecule has 6 nitrogen and oxygen atoms in total. The molecule has 0 spiro atoms. The van der Waals surface area contributed by atoms with Gasteiger partial charge in [-0.1, -0.05) is 35.3 Å². The van der Waals surface area contributed by atoms with Crippen molar-refractivity contribution in [3.8, 4) is 5.75 Å². The molecule has 0 radical (unpaired) electrons. The van der Waals surface area contributed by atoms with E-state index in [1.54, 1.807) is 18.2 Å². The van der Waals surface area contributed by atoms with E-state index >= 15 is 0 Å². The molecule has 0 unspecified atom stereocenters. The van der Waals surface area contributed by atoms with Gasteiger partial charge in [0, 0.05) is 5.02 Å². The third kappa shape index (κ3) is 4.03. The molecule has 22 heavy (non-hydrogen) atoms. The molecule has 0 fully saturated rings. The summed E-state index contributed by atoms with van der Waals surface area (Å²) < 4.78 is 0. The lowest BCUT2D eigenvalue weighted by Gasteiger charge is -2.10. The topological polar surface area (TPSA) is 90.5 Å². The molecule has 3 amide bonds. The van der Waals surface area contributed by atoms with Gasteiger partial charge in [-0.15, -0.1) is 0 Å². The molecule has 2 aromatic rings. The summed E-state index contributed by atoms with van der Waals surface area (Å²) >= 11 is 11.7. The molecule has 0 saturated heterocycles. The molecule has 0 aromatic heterocycles. The lowest BCUT2D eigenvalue weighted by Crippen LogP contribution is -2.43. The van der Waals surface area contributed by atoms with Gasteiger partial charge in [0.15, 0.2) is 0 Å². The summed E-state index contributed by atoms with van der Waals surface area (Å²) in [5.41, 5.74) is 4.62. The van der Waals surface area contributed by atoms with Crippen molar-refractivity contribution in [1.29, 1.82) is 0 Å². The summed E-state index contributed by atoms with van der Waals surface area (Å²) in [5, 5.41) is 12.7. The predicted octanol–water partition coefficient (Wildman–Crippen LogP) is 3.17. The first kappa shape index (κ1) is 15.9. The van der Waals surface area contributed by atoms with E-state index in [1.807, 2.05) is 0 Å². The molecule has 0 saturated carbocycles. The summed E-state index contributed by atoms with van der Waals surface area (Å²) in [6.45, 7) is 0. The van der Waals surface area contributed by atoms with Crippen LogP contribution < -0.4 is 16.2 Å². The second kappa shape index (κ2) is 7.02. The molecule has 4 N–H and O–H groups in total. The van der Waals surface area contributed by atoms with Crippen LogP contribution in [0.1, 0.15) is 10.4 Å². The van der Waals surface area contributed by atoms with Crippen molar-refractivity contribution in [2.24, 2.45) is 0 Å². The van der Waals surface area contributed by atoms with Gasteiger partial charge in [0.05, 0.1) is 16.3 Å². The molecule has 8 heteroatoms. The number of hydrazine groups is 1. The number of para-hydroxylation sites is 1. The lowest BCUT2D eigenvalue weighted by molar-refractivity contribution is 0.0935. The summed E-state index contributed by atoms with van der Waals surface area (Å²) in [5.74, 6) is -0.856. The van der Waals surface area contributed by atoms with Crippen molar-refractivity contribution < 1.29 is 14.7 Å². The highest BCUT2D eigenvalue weighted by Crippen LogP contribution is 2.25. The number of benzene rings is 2. The first-order chi connectivity index (χ1) is 10.5. The van der Waals surface area contributed by atoms with E-state index in [4.69, 9.17) is 23.2 Å². The summed E-state index contributed by atoms with van der Waals surface area (Å²) in [7, 11) is 0. The predicted molar refractivity (Wildman–Crippen MR) is 84.2 cm³/mol. The maximum Gasteiger partial charge on any atom is 0.337 e. The van der Waals surface area contributed by atoms with E-state index < -0.39 is 11.9 Å². The Balaban J connectivity index is 1.94. The van der Waals surface area contributed by atoms with Crippen molar-refractivity contribution in [3.63, 3.8) is 0 Å². The van der Waals surface area contributed by atoms with Crippen LogP contribution in [0, 0.1) is 0 Å². The molecule has 0 aliphatic rings. The zero-order chi connectivity index (χ0) is 16.1. The van der Waals surface area contributed by atoms with Gasteiger partial charge in [0.25, 0.3) is 5.91 Å². The number of aromatic hydroxyl groups is 1. The van der Waals surface area contributed by atoms with Gasteiger partial charge >= 0.3 is 6.03 Å². The molecule has 0 aliphatic carbocycles. The van der Waals surface area contributed by atoms with Gasteiger partial charge in [-0.2, -0.15) is 0 Å². The minimum atomic E-state index is -0.715. The highest BCUT2D eigenvalue weighted by atomic mass is 35.5. The van der Waals surface area contributed by atoms with Crippen LogP contribution in [0.2, 0.25) is 10.0 Å². The number of hydrogen-bond acceptors (Lipinski definition) is 3. The summed E-state index contributed by atoms with van der Waals surface area (Å²) in [6, 6.07) is 9.79. The molecular formula is C14H11Cl2N3O3. The number of hydrogen-bond donors (Lipinski definition) is 4. The van der Waals surface area contributed by atoms with E-state index in [0.717, 1.165) is 0 Å². The summed E-state index contributed by atoms with van der Waals surface area (Å²) in [6.07, 6.45) is 0. The highest BCUT2D eigenvalue weighted by Gasteiger charge is 2.11. The fraction of sp³-hybridized carbons (Fsp3) is 0. The van der Waals surface area contributed by atoms with Gasteiger partial charge in [0.1, 0.15) is 5.75 Å². The number of carbonyl (C=O) groups excluding carboxylic acids is 2. The Kier molecular flexibility index (Phi) is 5.08. The molecular weight excluding hydrogens is 329 g/mol. The number of carbonyl (C=O) groups is 2. The lowest BCUT2D eigenvalue weighted by atomic mass is 10.2. The van der Waals surface area contributed by atoms with E-state index in [0.29, 0.717) is 15.7 Å². The Morgan fingerprint density at radius 2 is 1.73 bits per heavy atom. The fourth-order valence-electron chi connectivity index (χ4n) is 1.59. The standard InChI is InChI=1S/C14H11Cl2N3O3/c15-8-5-6-10(16)11(7-8)17-14(22)19-18-13(21)9-3-1-2-4-12(9)20/h1-7,20H,(H,18,21)(H2,17,19,22). The Bertz CT molecular complexity index is 722. The smallest absolute Gasteiger partial charge is 0.337 e. The fourth-order valence-corrected chi connectivity index (χ4v) is 1.93. The quantitative estimate of drug-likeness (QED) is 0.633. The van der Waals surface area contributed by atoms with Crippen LogP contribution in [0.3, 0.4) is 0 Å². The van der Waals surface area contributed by atoms with E-state index in [9.17, 15) is 14.7 Å². The van der Waals surface area contributed by atoms with Gasteiger partial charge in [-0.3, -0.25) is 10.2 Å². The molecule has 0 heterocycles. The monoisotopic (exact) mass is 339 g/mol. The Labute approximate surface area is 136 Å². The second-order valence-corrected chi connectivity index (χ2v) is 5.02. The highest BCUT2D eigenvalue weighted by molar-refractivity contribution is 6.35. The Morgan fingerprint density at radius 1 is 1.00 bits per heavy atom. The Morgan fingerprint density at radius 3 is 2.45 bits per heavy atom. The zero-order valence-corrected chi connectivity index (χ0v) is 12.6.